The third kappa shape index (κ3) is 4.20. The molecule has 0 spiro atoms. The number of amides is 1. The summed E-state index contributed by atoms with van der Waals surface area (Å²) in [5.74, 6) is 1.86. The van der Waals surface area contributed by atoms with Gasteiger partial charge in [0.15, 0.2) is 5.76 Å². The molecule has 2 aromatic rings. The van der Waals surface area contributed by atoms with E-state index >= 15 is 0 Å². The molecule has 0 bridgehead atoms. The molecule has 0 saturated carbocycles. The summed E-state index contributed by atoms with van der Waals surface area (Å²) in [4.78, 5) is 26.0. The van der Waals surface area contributed by atoms with Crippen molar-refractivity contribution >= 4 is 46.1 Å². The maximum absolute atomic E-state index is 11.8. The Bertz CT molecular complexity index is 911. The number of nitrogens with zero attached hydrogens (tertiary/aromatic N) is 4. The topological polar surface area (TPSA) is 74.5 Å². The second-order valence-corrected chi connectivity index (χ2v) is 8.18. The predicted molar refractivity (Wildman–Crippen MR) is 110 cm³/mol. The van der Waals surface area contributed by atoms with Crippen LogP contribution in [-0.2, 0) is 4.79 Å². The lowest BCUT2D eigenvalue weighted by Crippen LogP contribution is -2.29. The van der Waals surface area contributed by atoms with Gasteiger partial charge in [0.05, 0.1) is 17.3 Å². The molecule has 0 aliphatic carbocycles. The van der Waals surface area contributed by atoms with Crippen molar-refractivity contribution in [2.75, 3.05) is 38.1 Å². The fourth-order valence-electron chi connectivity index (χ4n) is 3.02. The molecule has 2 aliphatic heterocycles. The summed E-state index contributed by atoms with van der Waals surface area (Å²) in [6.45, 7) is 3.99. The zero-order valence-corrected chi connectivity index (χ0v) is 16.5. The highest BCUT2D eigenvalue weighted by atomic mass is 32.2. The van der Waals surface area contributed by atoms with Crippen LogP contribution in [-0.4, -0.2) is 58.3 Å². The Hall–Kier alpha value is -2.23. The van der Waals surface area contributed by atoms with Crippen LogP contribution < -0.4 is 10.2 Å². The first-order chi connectivity index (χ1) is 13.1. The Morgan fingerprint density at radius 2 is 2.15 bits per heavy atom. The molecule has 4 heterocycles. The Labute approximate surface area is 166 Å². The Kier molecular flexibility index (Phi) is 5.24. The van der Waals surface area contributed by atoms with Gasteiger partial charge in [0.2, 0.25) is 0 Å². The number of thioether (sulfide) groups is 1. The van der Waals surface area contributed by atoms with Gasteiger partial charge in [-0.1, -0.05) is 24.0 Å². The number of carbonyl (C=O) groups excluding carboxylic acids is 1. The first-order valence-corrected chi connectivity index (χ1v) is 9.91. The molecule has 2 saturated heterocycles. The van der Waals surface area contributed by atoms with Crippen LogP contribution in [0.5, 0.6) is 0 Å². The number of anilines is 1. The largest absolute Gasteiger partial charge is 0.455 e. The number of carbonyl (C=O) groups is 1. The maximum atomic E-state index is 11.8. The molecular formula is C18H19N5O2S2. The summed E-state index contributed by atoms with van der Waals surface area (Å²) in [6.07, 6.45) is 6.27. The van der Waals surface area contributed by atoms with Gasteiger partial charge in [-0.15, -0.1) is 0 Å². The average Bonchev–Trinajstić information content (AvgIpc) is 3.17. The summed E-state index contributed by atoms with van der Waals surface area (Å²) < 4.78 is 6.32. The smallest absolute Gasteiger partial charge is 0.263 e. The van der Waals surface area contributed by atoms with E-state index in [-0.39, 0.29) is 5.91 Å². The van der Waals surface area contributed by atoms with Crippen molar-refractivity contribution in [2.24, 2.45) is 0 Å². The zero-order valence-electron chi connectivity index (χ0n) is 14.8. The second-order valence-electron chi connectivity index (χ2n) is 6.46. The molecule has 1 amide bonds. The van der Waals surface area contributed by atoms with E-state index in [4.69, 9.17) is 21.6 Å². The van der Waals surface area contributed by atoms with E-state index in [0.29, 0.717) is 26.4 Å². The van der Waals surface area contributed by atoms with Crippen molar-refractivity contribution in [1.29, 1.82) is 0 Å². The number of hydrogen-bond donors (Lipinski definition) is 1. The second kappa shape index (κ2) is 7.79. The normalized spacial score (nSPS) is 20.2. The van der Waals surface area contributed by atoms with E-state index in [1.807, 2.05) is 12.1 Å². The van der Waals surface area contributed by atoms with Gasteiger partial charge in [-0.2, -0.15) is 0 Å². The lowest BCUT2D eigenvalue weighted by atomic mass is 10.3. The molecule has 2 fully saturated rings. The first kappa shape index (κ1) is 18.1. The van der Waals surface area contributed by atoms with E-state index in [0.717, 1.165) is 38.4 Å². The van der Waals surface area contributed by atoms with Crippen molar-refractivity contribution in [3.8, 4) is 11.5 Å². The molecule has 1 N–H and O–H groups in total. The van der Waals surface area contributed by atoms with Gasteiger partial charge in [-0.3, -0.25) is 9.78 Å². The molecule has 2 aliphatic rings. The molecule has 140 valence electrons. The van der Waals surface area contributed by atoms with E-state index in [2.05, 4.69) is 27.1 Å². The SMILES string of the molecule is CN1CCCN(c2cncc(-c3ccc(/C=C4\SC(=S)NC4=O)o3)n2)CC1. The minimum absolute atomic E-state index is 0.198. The van der Waals surface area contributed by atoms with Gasteiger partial charge in [0, 0.05) is 25.7 Å². The number of rotatable bonds is 3. The fraction of sp³-hybridized carbons (Fsp3) is 0.333. The van der Waals surface area contributed by atoms with Crippen LogP contribution in [0.25, 0.3) is 17.5 Å². The average molecular weight is 402 g/mol. The van der Waals surface area contributed by atoms with Crippen LogP contribution in [0.1, 0.15) is 12.2 Å². The summed E-state index contributed by atoms with van der Waals surface area (Å²) in [5, 5.41) is 2.59. The third-order valence-electron chi connectivity index (χ3n) is 4.46. The lowest BCUT2D eigenvalue weighted by Gasteiger charge is -2.21. The molecule has 0 aromatic carbocycles. The predicted octanol–water partition coefficient (Wildman–Crippen LogP) is 2.37. The van der Waals surface area contributed by atoms with Gasteiger partial charge in [0.25, 0.3) is 5.91 Å². The Morgan fingerprint density at radius 3 is 2.96 bits per heavy atom. The van der Waals surface area contributed by atoms with E-state index in [1.165, 1.54) is 11.8 Å². The molecular weight excluding hydrogens is 382 g/mol. The minimum atomic E-state index is -0.198. The highest BCUT2D eigenvalue weighted by molar-refractivity contribution is 8.26. The Balaban J connectivity index is 1.54. The van der Waals surface area contributed by atoms with E-state index < -0.39 is 0 Å². The molecule has 27 heavy (non-hydrogen) atoms. The van der Waals surface area contributed by atoms with Gasteiger partial charge in [-0.05, 0) is 32.1 Å². The van der Waals surface area contributed by atoms with Crippen LogP contribution >= 0.6 is 24.0 Å². The summed E-state index contributed by atoms with van der Waals surface area (Å²) in [5.41, 5.74) is 0.675. The van der Waals surface area contributed by atoms with Crippen LogP contribution in [0.2, 0.25) is 0 Å². The summed E-state index contributed by atoms with van der Waals surface area (Å²) in [6, 6.07) is 3.65. The van der Waals surface area contributed by atoms with Gasteiger partial charge in [-0.25, -0.2) is 4.98 Å². The number of nitrogens with one attached hydrogen (secondary N) is 1. The number of aromatic nitrogens is 2. The van der Waals surface area contributed by atoms with E-state index in [9.17, 15) is 4.79 Å². The van der Waals surface area contributed by atoms with Gasteiger partial charge >= 0.3 is 0 Å². The molecule has 2 aromatic heterocycles. The highest BCUT2D eigenvalue weighted by Crippen LogP contribution is 2.28. The van der Waals surface area contributed by atoms with Gasteiger partial charge in [0.1, 0.15) is 21.6 Å². The Morgan fingerprint density at radius 1 is 1.26 bits per heavy atom. The number of hydrogen-bond acceptors (Lipinski definition) is 8. The molecule has 0 atom stereocenters. The van der Waals surface area contributed by atoms with Crippen molar-refractivity contribution in [1.82, 2.24) is 20.2 Å². The van der Waals surface area contributed by atoms with Crippen LogP contribution in [0.15, 0.2) is 33.8 Å². The molecule has 7 nitrogen and oxygen atoms in total. The monoisotopic (exact) mass is 401 g/mol. The zero-order chi connectivity index (χ0) is 18.8. The third-order valence-corrected chi connectivity index (χ3v) is 5.62. The standard InChI is InChI=1S/C18H19N5O2S2/c1-22-5-2-6-23(8-7-22)16-11-19-10-13(20-16)14-4-3-12(25-14)9-15-17(24)21-18(26)27-15/h3-4,9-11H,2,5-8H2,1H3,(H,21,24,26)/b15-9-. The summed E-state index contributed by atoms with van der Waals surface area (Å²) in [7, 11) is 2.14. The molecule has 9 heteroatoms. The fourth-order valence-corrected chi connectivity index (χ4v) is 4.04. The molecule has 0 unspecified atom stereocenters. The maximum Gasteiger partial charge on any atom is 0.263 e. The van der Waals surface area contributed by atoms with E-state index in [1.54, 1.807) is 18.5 Å². The number of thiocarbonyl (C=S) groups is 1. The van der Waals surface area contributed by atoms with Crippen molar-refractivity contribution in [3.63, 3.8) is 0 Å². The minimum Gasteiger partial charge on any atom is -0.455 e. The lowest BCUT2D eigenvalue weighted by molar-refractivity contribution is -0.115. The highest BCUT2D eigenvalue weighted by Gasteiger charge is 2.22. The van der Waals surface area contributed by atoms with Crippen molar-refractivity contribution < 1.29 is 9.21 Å². The number of furan rings is 1. The van der Waals surface area contributed by atoms with Crippen LogP contribution in [0.4, 0.5) is 5.82 Å². The van der Waals surface area contributed by atoms with Gasteiger partial charge < -0.3 is 19.5 Å². The summed E-state index contributed by atoms with van der Waals surface area (Å²) >= 11 is 6.23. The first-order valence-electron chi connectivity index (χ1n) is 8.69. The van der Waals surface area contributed by atoms with Crippen LogP contribution in [0.3, 0.4) is 0 Å². The molecule has 0 radical (unpaired) electrons. The quantitative estimate of drug-likeness (QED) is 0.621. The molecule has 4 rings (SSSR count). The van der Waals surface area contributed by atoms with Crippen LogP contribution in [0, 0.1) is 0 Å². The number of likely N-dealkylation sites (N-methyl/N-ethyl adjacent to an activating group) is 1. The van der Waals surface area contributed by atoms with Crippen molar-refractivity contribution in [3.05, 3.63) is 35.2 Å². The van der Waals surface area contributed by atoms with Crippen molar-refractivity contribution in [2.45, 2.75) is 6.42 Å².